The third kappa shape index (κ3) is 4.87. The Labute approximate surface area is 121 Å². The molecule has 0 aliphatic carbocycles. The molecule has 6 heteroatoms. The van der Waals surface area contributed by atoms with E-state index < -0.39 is 12.1 Å². The van der Waals surface area contributed by atoms with E-state index in [-0.39, 0.29) is 6.61 Å². The number of hydrogen-bond donors (Lipinski definition) is 3. The van der Waals surface area contributed by atoms with Gasteiger partial charge in [-0.25, -0.2) is 9.59 Å². The second kappa shape index (κ2) is 6.95. The minimum atomic E-state index is -0.641. The van der Waals surface area contributed by atoms with Gasteiger partial charge in [0.2, 0.25) is 0 Å². The van der Waals surface area contributed by atoms with Crippen molar-refractivity contribution in [2.24, 2.45) is 5.73 Å². The van der Waals surface area contributed by atoms with Gasteiger partial charge in [-0.1, -0.05) is 30.3 Å². The van der Waals surface area contributed by atoms with Gasteiger partial charge in [-0.3, -0.25) is 5.32 Å². The standard InChI is InChI=1S/C15H15N3O3/c16-14(19)17-12-6-8-13(9-7-12)18-15(20)21-10-11-4-2-1-3-5-11/h1-9H,10H2,(H,18,20)(H3,16,17,19). The third-order valence-corrected chi connectivity index (χ3v) is 2.61. The summed E-state index contributed by atoms with van der Waals surface area (Å²) in [7, 11) is 0. The Balaban J connectivity index is 1.83. The molecule has 0 unspecified atom stereocenters. The van der Waals surface area contributed by atoms with Crippen LogP contribution >= 0.6 is 0 Å². The number of rotatable bonds is 4. The van der Waals surface area contributed by atoms with Crippen LogP contribution < -0.4 is 16.4 Å². The van der Waals surface area contributed by atoms with Gasteiger partial charge in [-0.05, 0) is 29.8 Å². The number of nitrogens with one attached hydrogen (secondary N) is 2. The highest BCUT2D eigenvalue weighted by Gasteiger charge is 2.04. The van der Waals surface area contributed by atoms with Crippen LogP contribution in [0.3, 0.4) is 0 Å². The molecule has 0 fully saturated rings. The Morgan fingerprint density at radius 1 is 0.905 bits per heavy atom. The van der Waals surface area contributed by atoms with Crippen LogP contribution in [0.5, 0.6) is 0 Å². The van der Waals surface area contributed by atoms with Crippen molar-refractivity contribution in [3.63, 3.8) is 0 Å². The van der Waals surface area contributed by atoms with Crippen molar-refractivity contribution in [2.45, 2.75) is 6.61 Å². The van der Waals surface area contributed by atoms with E-state index in [2.05, 4.69) is 10.6 Å². The van der Waals surface area contributed by atoms with E-state index in [9.17, 15) is 9.59 Å². The normalized spacial score (nSPS) is 9.71. The highest BCUT2D eigenvalue weighted by Crippen LogP contribution is 2.13. The maximum Gasteiger partial charge on any atom is 0.411 e. The van der Waals surface area contributed by atoms with Crippen molar-refractivity contribution in [1.29, 1.82) is 0 Å². The van der Waals surface area contributed by atoms with Crippen molar-refractivity contribution >= 4 is 23.5 Å². The Morgan fingerprint density at radius 3 is 2.05 bits per heavy atom. The Kier molecular flexibility index (Phi) is 4.76. The molecule has 21 heavy (non-hydrogen) atoms. The molecule has 0 aromatic heterocycles. The molecule has 0 aliphatic heterocycles. The molecule has 0 spiro atoms. The summed E-state index contributed by atoms with van der Waals surface area (Å²) in [5.74, 6) is 0. The van der Waals surface area contributed by atoms with Crippen molar-refractivity contribution in [2.75, 3.05) is 10.6 Å². The molecule has 4 N–H and O–H groups in total. The number of carbonyl (C=O) groups excluding carboxylic acids is 2. The summed E-state index contributed by atoms with van der Waals surface area (Å²) in [5, 5.41) is 5.01. The van der Waals surface area contributed by atoms with Crippen LogP contribution in [-0.4, -0.2) is 12.1 Å². The van der Waals surface area contributed by atoms with Gasteiger partial charge >= 0.3 is 12.1 Å². The number of nitrogens with two attached hydrogens (primary N) is 1. The minimum Gasteiger partial charge on any atom is -0.444 e. The lowest BCUT2D eigenvalue weighted by molar-refractivity contribution is 0.155. The first kappa shape index (κ1) is 14.4. The highest BCUT2D eigenvalue weighted by molar-refractivity contribution is 5.89. The number of carbonyl (C=O) groups is 2. The van der Waals surface area contributed by atoms with Crippen LogP contribution in [0.4, 0.5) is 21.0 Å². The molecule has 0 saturated carbocycles. The lowest BCUT2D eigenvalue weighted by atomic mass is 10.2. The monoisotopic (exact) mass is 285 g/mol. The van der Waals surface area contributed by atoms with Gasteiger partial charge in [0.25, 0.3) is 0 Å². The molecule has 6 nitrogen and oxygen atoms in total. The number of primary amides is 1. The van der Waals surface area contributed by atoms with E-state index in [0.29, 0.717) is 11.4 Å². The van der Waals surface area contributed by atoms with Crippen LogP contribution in [0.2, 0.25) is 0 Å². The van der Waals surface area contributed by atoms with E-state index in [1.807, 2.05) is 30.3 Å². The number of urea groups is 1. The SMILES string of the molecule is NC(=O)Nc1ccc(NC(=O)OCc2ccccc2)cc1. The van der Waals surface area contributed by atoms with Gasteiger partial charge in [-0.2, -0.15) is 0 Å². The van der Waals surface area contributed by atoms with Gasteiger partial charge in [0.15, 0.2) is 0 Å². The van der Waals surface area contributed by atoms with Crippen molar-refractivity contribution < 1.29 is 14.3 Å². The van der Waals surface area contributed by atoms with Crippen LogP contribution in [-0.2, 0) is 11.3 Å². The zero-order valence-corrected chi connectivity index (χ0v) is 11.2. The first-order valence-electron chi connectivity index (χ1n) is 6.28. The van der Waals surface area contributed by atoms with Crippen LogP contribution in [0.1, 0.15) is 5.56 Å². The van der Waals surface area contributed by atoms with Gasteiger partial charge < -0.3 is 15.8 Å². The zero-order chi connectivity index (χ0) is 15.1. The summed E-state index contributed by atoms with van der Waals surface area (Å²) < 4.78 is 5.09. The second-order valence-electron chi connectivity index (χ2n) is 4.25. The van der Waals surface area contributed by atoms with Gasteiger partial charge in [0, 0.05) is 11.4 Å². The first-order chi connectivity index (χ1) is 10.1. The largest absolute Gasteiger partial charge is 0.444 e. The first-order valence-corrected chi connectivity index (χ1v) is 6.28. The minimum absolute atomic E-state index is 0.202. The van der Waals surface area contributed by atoms with Crippen LogP contribution in [0.25, 0.3) is 0 Å². The Bertz CT molecular complexity index is 612. The molecular formula is C15H15N3O3. The molecular weight excluding hydrogens is 270 g/mol. The molecule has 2 aromatic carbocycles. The van der Waals surface area contributed by atoms with Crippen molar-refractivity contribution in [1.82, 2.24) is 0 Å². The average molecular weight is 285 g/mol. The van der Waals surface area contributed by atoms with E-state index >= 15 is 0 Å². The maximum absolute atomic E-state index is 11.6. The molecule has 0 saturated heterocycles. The summed E-state index contributed by atoms with van der Waals surface area (Å²) in [6.45, 7) is 0.202. The van der Waals surface area contributed by atoms with Gasteiger partial charge in [0.05, 0.1) is 0 Å². The number of ether oxygens (including phenoxy) is 1. The van der Waals surface area contributed by atoms with E-state index in [1.54, 1.807) is 24.3 Å². The summed E-state index contributed by atoms with van der Waals surface area (Å²) >= 11 is 0. The van der Waals surface area contributed by atoms with Crippen LogP contribution in [0, 0.1) is 0 Å². The van der Waals surface area contributed by atoms with Crippen LogP contribution in [0.15, 0.2) is 54.6 Å². The third-order valence-electron chi connectivity index (χ3n) is 2.61. The zero-order valence-electron chi connectivity index (χ0n) is 11.2. The average Bonchev–Trinajstić information content (AvgIpc) is 2.48. The summed E-state index contributed by atoms with van der Waals surface area (Å²) in [5.41, 5.74) is 7.01. The molecule has 3 amide bonds. The summed E-state index contributed by atoms with van der Waals surface area (Å²) in [6, 6.07) is 15.3. The highest BCUT2D eigenvalue weighted by atomic mass is 16.5. The van der Waals surface area contributed by atoms with Gasteiger partial charge in [-0.15, -0.1) is 0 Å². The van der Waals surface area contributed by atoms with E-state index in [4.69, 9.17) is 10.5 Å². The molecule has 2 aromatic rings. The molecule has 108 valence electrons. The topological polar surface area (TPSA) is 93.5 Å². The predicted octanol–water partition coefficient (Wildman–Crippen LogP) is 2.93. The fourth-order valence-electron chi connectivity index (χ4n) is 1.66. The summed E-state index contributed by atoms with van der Waals surface area (Å²) in [4.78, 5) is 22.3. The smallest absolute Gasteiger partial charge is 0.411 e. The fourth-order valence-corrected chi connectivity index (χ4v) is 1.66. The number of amides is 3. The molecule has 0 bridgehead atoms. The number of hydrogen-bond acceptors (Lipinski definition) is 3. The number of benzene rings is 2. The number of anilines is 2. The van der Waals surface area contributed by atoms with Crippen molar-refractivity contribution in [3.05, 3.63) is 60.2 Å². The lowest BCUT2D eigenvalue weighted by Gasteiger charge is -2.08. The molecule has 0 heterocycles. The predicted molar refractivity (Wildman–Crippen MR) is 79.9 cm³/mol. The quantitative estimate of drug-likeness (QED) is 0.806. The molecule has 0 radical (unpaired) electrons. The Hall–Kier alpha value is -3.02. The van der Waals surface area contributed by atoms with E-state index in [1.165, 1.54) is 0 Å². The maximum atomic E-state index is 11.6. The fraction of sp³-hybridized carbons (Fsp3) is 0.0667. The molecule has 0 aliphatic rings. The lowest BCUT2D eigenvalue weighted by Crippen LogP contribution is -2.19. The molecule has 0 atom stereocenters. The molecule has 2 rings (SSSR count). The van der Waals surface area contributed by atoms with Gasteiger partial charge in [0.1, 0.15) is 6.61 Å². The second-order valence-corrected chi connectivity index (χ2v) is 4.25. The Morgan fingerprint density at radius 2 is 1.48 bits per heavy atom. The van der Waals surface area contributed by atoms with E-state index in [0.717, 1.165) is 5.56 Å². The summed E-state index contributed by atoms with van der Waals surface area (Å²) in [6.07, 6.45) is -0.547. The van der Waals surface area contributed by atoms with Crippen molar-refractivity contribution in [3.8, 4) is 0 Å².